The van der Waals surface area contributed by atoms with Crippen LogP contribution in [0.1, 0.15) is 11.8 Å². The number of likely N-dealkylation sites (N-methyl/N-ethyl adjacent to an activating group) is 1. The molecule has 1 aromatic rings. The van der Waals surface area contributed by atoms with E-state index in [9.17, 15) is 14.4 Å². The molecule has 1 aliphatic rings. The van der Waals surface area contributed by atoms with Gasteiger partial charge >= 0.3 is 12.1 Å². The Morgan fingerprint density at radius 1 is 1.60 bits per heavy atom. The number of thiophene rings is 1. The van der Waals surface area contributed by atoms with E-state index in [1.54, 1.807) is 23.8 Å². The zero-order valence-electron chi connectivity index (χ0n) is 11.0. The van der Waals surface area contributed by atoms with Crippen LogP contribution in [-0.4, -0.2) is 47.8 Å². The van der Waals surface area contributed by atoms with E-state index >= 15 is 0 Å². The molecule has 4 amide bonds. The van der Waals surface area contributed by atoms with Crippen LogP contribution in [0.2, 0.25) is 0 Å². The molecule has 1 atom stereocenters. The maximum atomic E-state index is 12.1. The molecule has 8 heteroatoms. The zero-order chi connectivity index (χ0) is 14.8. The highest BCUT2D eigenvalue weighted by molar-refractivity contribution is 7.10. The van der Waals surface area contributed by atoms with E-state index < -0.39 is 11.7 Å². The molecule has 1 fully saturated rings. The summed E-state index contributed by atoms with van der Waals surface area (Å²) in [6, 6.07) is 2.26. The summed E-state index contributed by atoms with van der Waals surface area (Å²) in [7, 11) is 0. The number of carbonyl (C=O) groups is 2. The number of hydrogen-bond donors (Lipinski definition) is 2. The maximum Gasteiger partial charge on any atom is 0.328 e. The first-order valence-corrected chi connectivity index (χ1v) is 7.00. The van der Waals surface area contributed by atoms with E-state index in [2.05, 4.69) is 5.32 Å². The predicted molar refractivity (Wildman–Crippen MR) is 73.8 cm³/mol. The summed E-state index contributed by atoms with van der Waals surface area (Å²) in [6.45, 7) is 3.11. The third-order valence-electron chi connectivity index (χ3n) is 3.10. The van der Waals surface area contributed by atoms with Crippen molar-refractivity contribution in [2.75, 3.05) is 19.6 Å². The number of nitrogens with one attached hydrogen (secondary N) is 1. The molecule has 1 unspecified atom stereocenters. The van der Waals surface area contributed by atoms with Gasteiger partial charge in [-0.2, -0.15) is 0 Å². The van der Waals surface area contributed by atoms with E-state index in [0.29, 0.717) is 18.0 Å². The van der Waals surface area contributed by atoms with Gasteiger partial charge in [0, 0.05) is 19.6 Å². The van der Waals surface area contributed by atoms with Crippen molar-refractivity contribution in [1.82, 2.24) is 15.1 Å². The van der Waals surface area contributed by atoms with Gasteiger partial charge in [-0.15, -0.1) is 11.3 Å². The minimum atomic E-state index is -1.73. The smallest absolute Gasteiger partial charge is 0.323 e. The van der Waals surface area contributed by atoms with Crippen molar-refractivity contribution in [1.29, 1.82) is 0 Å². The van der Waals surface area contributed by atoms with Crippen molar-refractivity contribution in [3.8, 4) is 0 Å². The topological polar surface area (TPSA) is 95.7 Å². The molecule has 1 radical (unpaired) electrons. The summed E-state index contributed by atoms with van der Waals surface area (Å²) in [6.07, 6.45) is 1.63. The Kier molecular flexibility index (Phi) is 4.05. The number of rotatable bonds is 4. The second-order valence-corrected chi connectivity index (χ2v) is 5.28. The summed E-state index contributed by atoms with van der Waals surface area (Å²) in [4.78, 5) is 38.1. The van der Waals surface area contributed by atoms with Crippen molar-refractivity contribution in [2.45, 2.75) is 12.6 Å². The second kappa shape index (κ2) is 5.59. The lowest BCUT2D eigenvalue weighted by Gasteiger charge is -2.25. The molecule has 0 aliphatic carbocycles. The minimum Gasteiger partial charge on any atom is -0.323 e. The summed E-state index contributed by atoms with van der Waals surface area (Å²) in [5.41, 5.74) is 4.12. The lowest BCUT2D eigenvalue weighted by Crippen LogP contribution is -2.58. The largest absolute Gasteiger partial charge is 0.328 e. The first-order chi connectivity index (χ1) is 9.51. The van der Waals surface area contributed by atoms with Crippen LogP contribution in [0.5, 0.6) is 0 Å². The van der Waals surface area contributed by atoms with Gasteiger partial charge in [-0.3, -0.25) is 10.5 Å². The van der Waals surface area contributed by atoms with Gasteiger partial charge in [0.15, 0.2) is 5.66 Å². The van der Waals surface area contributed by atoms with Crippen LogP contribution in [0, 0.1) is 0 Å². The molecule has 0 aromatic carbocycles. The van der Waals surface area contributed by atoms with Crippen LogP contribution in [0.3, 0.4) is 0 Å². The quantitative estimate of drug-likeness (QED) is 0.788. The predicted octanol–water partition coefficient (Wildman–Crippen LogP) is 0.436. The first-order valence-electron chi connectivity index (χ1n) is 6.12. The van der Waals surface area contributed by atoms with Gasteiger partial charge in [0.2, 0.25) is 6.29 Å². The fourth-order valence-electron chi connectivity index (χ4n) is 1.94. The molecule has 1 saturated heterocycles. The Bertz CT molecular complexity index is 519. The number of hydrogen-bond acceptors (Lipinski definition) is 5. The third kappa shape index (κ3) is 2.52. The van der Waals surface area contributed by atoms with Gasteiger partial charge in [0.05, 0.1) is 4.88 Å². The Hall–Kier alpha value is -1.93. The van der Waals surface area contributed by atoms with Crippen LogP contribution in [0.15, 0.2) is 17.5 Å². The molecule has 0 spiro atoms. The Labute approximate surface area is 120 Å². The molecule has 107 valence electrons. The first kappa shape index (κ1) is 14.5. The molecule has 1 aliphatic heterocycles. The number of carbonyl (C=O) groups excluding carboxylic acids is 3. The summed E-state index contributed by atoms with van der Waals surface area (Å²) in [5, 5.41) is 4.10. The highest BCUT2D eigenvalue weighted by atomic mass is 32.1. The number of nitrogens with zero attached hydrogens (tertiary/aromatic N) is 2. The van der Waals surface area contributed by atoms with E-state index in [0.717, 1.165) is 4.90 Å². The van der Waals surface area contributed by atoms with Gasteiger partial charge in [-0.1, -0.05) is 6.07 Å². The molecule has 2 heterocycles. The summed E-state index contributed by atoms with van der Waals surface area (Å²) < 4.78 is 0. The molecule has 0 bridgehead atoms. The minimum absolute atomic E-state index is 0.276. The third-order valence-corrected chi connectivity index (χ3v) is 4.10. The SMILES string of the molecule is CCN1CCN(C(=O)NC(N)([C]=O)c2cccs2)C1=O. The second-order valence-electron chi connectivity index (χ2n) is 4.33. The Balaban J connectivity index is 2.11. The molecule has 20 heavy (non-hydrogen) atoms. The standard InChI is InChI=1S/C12H15N4O3S/c1-2-15-5-6-16(11(15)19)10(18)14-12(13,8-17)9-4-3-7-20-9/h3-4,7H,2,5-6,13H2,1H3,(H,14,18). The zero-order valence-corrected chi connectivity index (χ0v) is 11.8. The van der Waals surface area contributed by atoms with Crippen molar-refractivity contribution >= 4 is 29.7 Å². The van der Waals surface area contributed by atoms with E-state index in [4.69, 9.17) is 5.73 Å². The summed E-state index contributed by atoms with van der Waals surface area (Å²) in [5.74, 6) is 0. The lowest BCUT2D eigenvalue weighted by molar-refractivity contribution is 0.182. The van der Waals surface area contributed by atoms with E-state index in [-0.39, 0.29) is 12.6 Å². The molecule has 1 aromatic heterocycles. The Morgan fingerprint density at radius 2 is 2.35 bits per heavy atom. The van der Waals surface area contributed by atoms with Crippen LogP contribution < -0.4 is 11.1 Å². The molecule has 0 saturated carbocycles. The fourth-order valence-corrected chi connectivity index (χ4v) is 2.68. The molecule has 3 N–H and O–H groups in total. The van der Waals surface area contributed by atoms with Gasteiger partial charge in [-0.25, -0.2) is 14.5 Å². The number of amides is 4. The van der Waals surface area contributed by atoms with Crippen LogP contribution in [0.25, 0.3) is 0 Å². The van der Waals surface area contributed by atoms with Crippen molar-refractivity contribution < 1.29 is 14.4 Å². The maximum absolute atomic E-state index is 12.1. The van der Waals surface area contributed by atoms with Gasteiger partial charge in [0.25, 0.3) is 0 Å². The van der Waals surface area contributed by atoms with Crippen LogP contribution >= 0.6 is 11.3 Å². The van der Waals surface area contributed by atoms with Crippen molar-refractivity contribution in [3.63, 3.8) is 0 Å². The average molecular weight is 295 g/mol. The monoisotopic (exact) mass is 295 g/mol. The normalized spacial score (nSPS) is 18.0. The van der Waals surface area contributed by atoms with Crippen LogP contribution in [0.4, 0.5) is 9.59 Å². The van der Waals surface area contributed by atoms with Gasteiger partial charge in [-0.05, 0) is 18.4 Å². The number of urea groups is 2. The summed E-state index contributed by atoms with van der Waals surface area (Å²) >= 11 is 1.23. The van der Waals surface area contributed by atoms with Crippen molar-refractivity contribution in [3.05, 3.63) is 22.4 Å². The van der Waals surface area contributed by atoms with Gasteiger partial charge in [0.1, 0.15) is 0 Å². The Morgan fingerprint density at radius 3 is 2.85 bits per heavy atom. The molecule has 2 rings (SSSR count). The highest BCUT2D eigenvalue weighted by Crippen LogP contribution is 2.20. The fraction of sp³-hybridized carbons (Fsp3) is 0.417. The highest BCUT2D eigenvalue weighted by Gasteiger charge is 2.38. The van der Waals surface area contributed by atoms with Crippen molar-refractivity contribution in [2.24, 2.45) is 5.73 Å². The molecular formula is C12H15N4O3S. The van der Waals surface area contributed by atoms with Gasteiger partial charge < -0.3 is 10.2 Å². The number of nitrogens with two attached hydrogens (primary N) is 1. The van der Waals surface area contributed by atoms with E-state index in [1.165, 1.54) is 16.2 Å². The number of imide groups is 1. The average Bonchev–Trinajstić information content (AvgIpc) is 3.07. The van der Waals surface area contributed by atoms with Crippen LogP contribution in [-0.2, 0) is 10.5 Å². The molecule has 7 nitrogen and oxygen atoms in total. The van der Waals surface area contributed by atoms with E-state index in [1.807, 2.05) is 6.92 Å². The lowest BCUT2D eigenvalue weighted by atomic mass is 10.1. The molecular weight excluding hydrogens is 280 g/mol.